The van der Waals surface area contributed by atoms with Crippen LogP contribution < -0.4 is 5.32 Å². The largest absolute Gasteiger partial charge is 0.377 e. The molecule has 1 rings (SSSR count). The molecule has 1 saturated heterocycles. The first-order valence-corrected chi connectivity index (χ1v) is 6.87. The van der Waals surface area contributed by atoms with Crippen LogP contribution in [0.4, 0.5) is 0 Å². The monoisotopic (exact) mass is 228 g/mol. The molecule has 1 aliphatic heterocycles. The van der Waals surface area contributed by atoms with E-state index in [0.29, 0.717) is 6.10 Å². The van der Waals surface area contributed by atoms with Crippen LogP contribution in [0.15, 0.2) is 0 Å². The molecule has 1 aliphatic rings. The molecule has 3 heteroatoms. The van der Waals surface area contributed by atoms with Crippen LogP contribution in [0.5, 0.6) is 0 Å². The minimum atomic E-state index is 0.406. The van der Waals surface area contributed by atoms with Crippen molar-refractivity contribution in [1.82, 2.24) is 10.2 Å². The molecule has 16 heavy (non-hydrogen) atoms. The summed E-state index contributed by atoms with van der Waals surface area (Å²) in [5, 5.41) is 3.45. The van der Waals surface area contributed by atoms with Gasteiger partial charge in [-0.2, -0.15) is 0 Å². The third-order valence-corrected chi connectivity index (χ3v) is 3.31. The van der Waals surface area contributed by atoms with Gasteiger partial charge in [0.05, 0.1) is 12.7 Å². The Morgan fingerprint density at radius 2 is 1.94 bits per heavy atom. The highest BCUT2D eigenvalue weighted by Gasteiger charge is 2.08. The number of ether oxygens (including phenoxy) is 1. The molecule has 1 atom stereocenters. The lowest BCUT2D eigenvalue weighted by Gasteiger charge is -2.26. The molecule has 96 valence electrons. The zero-order chi connectivity index (χ0) is 11.6. The number of rotatable bonds is 8. The highest BCUT2D eigenvalue weighted by Crippen LogP contribution is 2.07. The van der Waals surface area contributed by atoms with Crippen LogP contribution in [0.3, 0.4) is 0 Å². The molecule has 0 aromatic rings. The summed E-state index contributed by atoms with van der Waals surface area (Å²) in [5.41, 5.74) is 0. The van der Waals surface area contributed by atoms with Crippen LogP contribution in [-0.2, 0) is 4.74 Å². The topological polar surface area (TPSA) is 24.5 Å². The third kappa shape index (κ3) is 6.46. The van der Waals surface area contributed by atoms with E-state index in [9.17, 15) is 0 Å². The summed E-state index contributed by atoms with van der Waals surface area (Å²) >= 11 is 0. The quantitative estimate of drug-likeness (QED) is 0.642. The van der Waals surface area contributed by atoms with Crippen molar-refractivity contribution in [2.24, 2.45) is 0 Å². The van der Waals surface area contributed by atoms with Gasteiger partial charge < -0.3 is 15.0 Å². The van der Waals surface area contributed by atoms with E-state index in [1.165, 1.54) is 38.9 Å². The molecule has 0 aromatic carbocycles. The minimum Gasteiger partial charge on any atom is -0.377 e. The maximum Gasteiger partial charge on any atom is 0.0594 e. The summed E-state index contributed by atoms with van der Waals surface area (Å²) in [5.74, 6) is 0. The maximum absolute atomic E-state index is 5.61. The van der Waals surface area contributed by atoms with E-state index in [4.69, 9.17) is 4.74 Å². The first-order chi connectivity index (χ1) is 7.83. The van der Waals surface area contributed by atoms with Crippen LogP contribution in [-0.4, -0.2) is 50.3 Å². The van der Waals surface area contributed by atoms with Crippen molar-refractivity contribution in [3.05, 3.63) is 0 Å². The standard InChI is InChI=1S/C13H28N2O/c1-3-13(2)16-12-8-14-7-11-15-9-5-4-6-10-15/h13-14H,3-12H2,1-2H3. The fourth-order valence-electron chi connectivity index (χ4n) is 2.00. The molecule has 1 unspecified atom stereocenters. The summed E-state index contributed by atoms with van der Waals surface area (Å²) < 4.78 is 5.61. The number of nitrogens with one attached hydrogen (secondary N) is 1. The van der Waals surface area contributed by atoms with Gasteiger partial charge in [-0.3, -0.25) is 0 Å². The lowest BCUT2D eigenvalue weighted by molar-refractivity contribution is 0.0653. The Hall–Kier alpha value is -0.120. The smallest absolute Gasteiger partial charge is 0.0594 e. The van der Waals surface area contributed by atoms with Gasteiger partial charge in [-0.25, -0.2) is 0 Å². The number of piperidine rings is 1. The summed E-state index contributed by atoms with van der Waals surface area (Å²) in [6.07, 6.45) is 5.71. The van der Waals surface area contributed by atoms with Gasteiger partial charge in [0.2, 0.25) is 0 Å². The van der Waals surface area contributed by atoms with E-state index in [1.807, 2.05) is 0 Å². The SMILES string of the molecule is CCC(C)OCCNCCN1CCCCC1. The van der Waals surface area contributed by atoms with Crippen LogP contribution >= 0.6 is 0 Å². The molecule has 0 saturated carbocycles. The molecule has 1 fully saturated rings. The zero-order valence-electron chi connectivity index (χ0n) is 11.0. The molecule has 0 spiro atoms. The fraction of sp³-hybridized carbons (Fsp3) is 1.00. The molecule has 0 bridgehead atoms. The van der Waals surface area contributed by atoms with Gasteiger partial charge >= 0.3 is 0 Å². The second kappa shape index (κ2) is 8.97. The van der Waals surface area contributed by atoms with E-state index in [2.05, 4.69) is 24.1 Å². The van der Waals surface area contributed by atoms with Gasteiger partial charge in [0.1, 0.15) is 0 Å². The van der Waals surface area contributed by atoms with E-state index in [1.54, 1.807) is 0 Å². The Balaban J connectivity index is 1.84. The van der Waals surface area contributed by atoms with Gasteiger partial charge in [-0.15, -0.1) is 0 Å². The first kappa shape index (κ1) is 13.9. The van der Waals surface area contributed by atoms with Crippen LogP contribution in [0.25, 0.3) is 0 Å². The summed E-state index contributed by atoms with van der Waals surface area (Å²) in [7, 11) is 0. The van der Waals surface area contributed by atoms with Gasteiger partial charge in [0.15, 0.2) is 0 Å². The van der Waals surface area contributed by atoms with Gasteiger partial charge in [-0.05, 0) is 39.3 Å². The van der Waals surface area contributed by atoms with Gasteiger partial charge in [0.25, 0.3) is 0 Å². The Morgan fingerprint density at radius 1 is 1.19 bits per heavy atom. The summed E-state index contributed by atoms with van der Waals surface area (Å²) in [6.45, 7) is 11.0. The van der Waals surface area contributed by atoms with Crippen molar-refractivity contribution in [2.75, 3.05) is 39.3 Å². The number of likely N-dealkylation sites (tertiary alicyclic amines) is 1. The molecule has 1 heterocycles. The summed E-state index contributed by atoms with van der Waals surface area (Å²) in [6, 6.07) is 0. The second-order valence-corrected chi connectivity index (χ2v) is 4.74. The van der Waals surface area contributed by atoms with Gasteiger partial charge in [-0.1, -0.05) is 13.3 Å². The Kier molecular flexibility index (Phi) is 7.81. The van der Waals surface area contributed by atoms with Crippen molar-refractivity contribution >= 4 is 0 Å². The van der Waals surface area contributed by atoms with Crippen LogP contribution in [0.2, 0.25) is 0 Å². The average Bonchev–Trinajstić information content (AvgIpc) is 2.34. The van der Waals surface area contributed by atoms with E-state index >= 15 is 0 Å². The maximum atomic E-state index is 5.61. The molecular weight excluding hydrogens is 200 g/mol. The molecule has 3 nitrogen and oxygen atoms in total. The number of nitrogens with zero attached hydrogens (tertiary/aromatic N) is 1. The molecule has 0 radical (unpaired) electrons. The Morgan fingerprint density at radius 3 is 2.62 bits per heavy atom. The Bertz CT molecular complexity index is 158. The van der Waals surface area contributed by atoms with Crippen molar-refractivity contribution in [2.45, 2.75) is 45.6 Å². The van der Waals surface area contributed by atoms with E-state index in [0.717, 1.165) is 26.1 Å². The molecule has 0 aromatic heterocycles. The van der Waals surface area contributed by atoms with Crippen LogP contribution in [0.1, 0.15) is 39.5 Å². The predicted molar refractivity (Wildman–Crippen MR) is 68.9 cm³/mol. The third-order valence-electron chi connectivity index (χ3n) is 3.31. The molecule has 0 aliphatic carbocycles. The van der Waals surface area contributed by atoms with E-state index in [-0.39, 0.29) is 0 Å². The minimum absolute atomic E-state index is 0.406. The normalized spacial score (nSPS) is 19.9. The van der Waals surface area contributed by atoms with Crippen molar-refractivity contribution in [3.63, 3.8) is 0 Å². The lowest BCUT2D eigenvalue weighted by atomic mass is 10.1. The Labute approximate surface area is 101 Å². The highest BCUT2D eigenvalue weighted by molar-refractivity contribution is 4.65. The van der Waals surface area contributed by atoms with Crippen molar-refractivity contribution < 1.29 is 4.74 Å². The number of hydrogen-bond donors (Lipinski definition) is 1. The van der Waals surface area contributed by atoms with Crippen LogP contribution in [0, 0.1) is 0 Å². The van der Waals surface area contributed by atoms with Crippen molar-refractivity contribution in [3.8, 4) is 0 Å². The predicted octanol–water partition coefficient (Wildman–Crippen LogP) is 1.88. The first-order valence-electron chi connectivity index (χ1n) is 6.87. The second-order valence-electron chi connectivity index (χ2n) is 4.74. The lowest BCUT2D eigenvalue weighted by Crippen LogP contribution is -2.36. The number of hydrogen-bond acceptors (Lipinski definition) is 3. The van der Waals surface area contributed by atoms with Gasteiger partial charge in [0, 0.05) is 19.6 Å². The van der Waals surface area contributed by atoms with E-state index < -0.39 is 0 Å². The highest BCUT2D eigenvalue weighted by atomic mass is 16.5. The average molecular weight is 228 g/mol. The molecular formula is C13H28N2O. The molecule has 1 N–H and O–H groups in total. The van der Waals surface area contributed by atoms with Crippen molar-refractivity contribution in [1.29, 1.82) is 0 Å². The zero-order valence-corrected chi connectivity index (χ0v) is 11.0. The summed E-state index contributed by atoms with van der Waals surface area (Å²) in [4.78, 5) is 2.56. The molecule has 0 amide bonds. The fourth-order valence-corrected chi connectivity index (χ4v) is 2.00.